The lowest BCUT2D eigenvalue weighted by molar-refractivity contribution is 0.0558. The second-order valence-corrected chi connectivity index (χ2v) is 1.88. The quantitative estimate of drug-likeness (QED) is 0.442. The van der Waals surface area contributed by atoms with Gasteiger partial charge < -0.3 is 15.3 Å². The zero-order valence-corrected chi connectivity index (χ0v) is 5.20. The van der Waals surface area contributed by atoms with E-state index < -0.39 is 12.2 Å². The van der Waals surface area contributed by atoms with Crippen molar-refractivity contribution in [3.63, 3.8) is 0 Å². The van der Waals surface area contributed by atoms with Crippen LogP contribution in [0.1, 0.15) is 6.42 Å². The third-order valence-corrected chi connectivity index (χ3v) is 0.996. The van der Waals surface area contributed by atoms with E-state index in [0.29, 0.717) is 0 Å². The lowest BCUT2D eigenvalue weighted by Crippen LogP contribution is -2.18. The number of hydrogen-bond acceptors (Lipinski definition) is 3. The van der Waals surface area contributed by atoms with Gasteiger partial charge in [0.2, 0.25) is 0 Å². The van der Waals surface area contributed by atoms with Crippen LogP contribution in [-0.2, 0) is 0 Å². The van der Waals surface area contributed by atoms with Gasteiger partial charge in [0.25, 0.3) is 0 Å². The third kappa shape index (κ3) is 4.14. The molecule has 3 N–H and O–H groups in total. The summed E-state index contributed by atoms with van der Waals surface area (Å²) in [6.45, 7) is 2.99. The second kappa shape index (κ2) is 4.49. The Morgan fingerprint density at radius 3 is 2.33 bits per heavy atom. The molecular weight excluding hydrogens is 120 g/mol. The summed E-state index contributed by atoms with van der Waals surface area (Å²) in [5.74, 6) is 0. The van der Waals surface area contributed by atoms with Crippen molar-refractivity contribution in [2.45, 2.75) is 18.6 Å². The van der Waals surface area contributed by atoms with Gasteiger partial charge in [0, 0.05) is 6.42 Å². The topological polar surface area (TPSA) is 60.7 Å². The summed E-state index contributed by atoms with van der Waals surface area (Å²) in [5, 5.41) is 25.8. The summed E-state index contributed by atoms with van der Waals surface area (Å²) >= 11 is 0. The van der Waals surface area contributed by atoms with Gasteiger partial charge in [-0.15, -0.1) is 6.58 Å². The highest BCUT2D eigenvalue weighted by molar-refractivity contribution is 4.79. The first-order valence-corrected chi connectivity index (χ1v) is 2.80. The van der Waals surface area contributed by atoms with Crippen LogP contribution >= 0.6 is 0 Å². The van der Waals surface area contributed by atoms with Crippen LogP contribution in [0.3, 0.4) is 0 Å². The fourth-order valence-corrected chi connectivity index (χ4v) is 0.450. The summed E-state index contributed by atoms with van der Waals surface area (Å²) in [6.07, 6.45) is -0.0797. The molecule has 0 aromatic carbocycles. The number of rotatable bonds is 4. The highest BCUT2D eigenvalue weighted by Crippen LogP contribution is 1.96. The van der Waals surface area contributed by atoms with Crippen LogP contribution in [-0.4, -0.2) is 34.1 Å². The molecule has 0 spiro atoms. The number of aliphatic hydroxyl groups is 3. The standard InChI is InChI=1S/C6H12O3/c1-2-5(8)3-6(9)4-7/h2,5-9H,1,3-4H2/t5-,6-/m1/s1. The first-order valence-electron chi connectivity index (χ1n) is 2.80. The van der Waals surface area contributed by atoms with Crippen molar-refractivity contribution in [1.29, 1.82) is 0 Å². The molecule has 3 heteroatoms. The highest BCUT2D eigenvalue weighted by Gasteiger charge is 2.06. The van der Waals surface area contributed by atoms with Gasteiger partial charge in [-0.05, 0) is 0 Å². The van der Waals surface area contributed by atoms with E-state index in [4.69, 9.17) is 15.3 Å². The van der Waals surface area contributed by atoms with Gasteiger partial charge >= 0.3 is 0 Å². The van der Waals surface area contributed by atoms with Gasteiger partial charge in [-0.3, -0.25) is 0 Å². The van der Waals surface area contributed by atoms with Crippen LogP contribution in [0.15, 0.2) is 12.7 Å². The Labute approximate surface area is 54.3 Å². The van der Waals surface area contributed by atoms with Crippen LogP contribution in [0.25, 0.3) is 0 Å². The fraction of sp³-hybridized carbons (Fsp3) is 0.667. The lowest BCUT2D eigenvalue weighted by Gasteiger charge is -2.08. The zero-order chi connectivity index (χ0) is 7.28. The minimum Gasteiger partial charge on any atom is -0.394 e. The lowest BCUT2D eigenvalue weighted by atomic mass is 10.2. The molecule has 0 aliphatic rings. The average molecular weight is 132 g/mol. The third-order valence-electron chi connectivity index (χ3n) is 0.996. The van der Waals surface area contributed by atoms with Crippen LogP contribution in [0.5, 0.6) is 0 Å². The molecule has 9 heavy (non-hydrogen) atoms. The number of aliphatic hydroxyl groups excluding tert-OH is 3. The maximum absolute atomic E-state index is 8.77. The Bertz CT molecular complexity index is 82.4. The summed E-state index contributed by atoms with van der Waals surface area (Å²) in [5.41, 5.74) is 0. The molecule has 3 nitrogen and oxygen atoms in total. The fourth-order valence-electron chi connectivity index (χ4n) is 0.450. The Balaban J connectivity index is 3.33. The van der Waals surface area contributed by atoms with Gasteiger partial charge in [-0.1, -0.05) is 6.08 Å². The Morgan fingerprint density at radius 1 is 1.44 bits per heavy atom. The van der Waals surface area contributed by atoms with E-state index in [-0.39, 0.29) is 13.0 Å². The molecule has 2 atom stereocenters. The van der Waals surface area contributed by atoms with Gasteiger partial charge in [0.05, 0.1) is 18.8 Å². The Hall–Kier alpha value is -0.380. The molecule has 0 unspecified atom stereocenters. The van der Waals surface area contributed by atoms with E-state index in [1.165, 1.54) is 6.08 Å². The maximum atomic E-state index is 8.77. The summed E-state index contributed by atoms with van der Waals surface area (Å²) in [4.78, 5) is 0. The monoisotopic (exact) mass is 132 g/mol. The van der Waals surface area contributed by atoms with Crippen molar-refractivity contribution < 1.29 is 15.3 Å². The minimum atomic E-state index is -0.835. The van der Waals surface area contributed by atoms with Crippen molar-refractivity contribution in [2.75, 3.05) is 6.61 Å². The molecule has 0 aromatic rings. The molecular formula is C6H12O3. The number of hydrogen-bond donors (Lipinski definition) is 3. The van der Waals surface area contributed by atoms with Crippen LogP contribution in [0.2, 0.25) is 0 Å². The van der Waals surface area contributed by atoms with E-state index in [1.807, 2.05) is 0 Å². The van der Waals surface area contributed by atoms with Crippen LogP contribution in [0, 0.1) is 0 Å². The second-order valence-electron chi connectivity index (χ2n) is 1.88. The van der Waals surface area contributed by atoms with Gasteiger partial charge in [0.1, 0.15) is 0 Å². The van der Waals surface area contributed by atoms with E-state index in [2.05, 4.69) is 6.58 Å². The molecule has 0 bridgehead atoms. The van der Waals surface area contributed by atoms with E-state index in [9.17, 15) is 0 Å². The van der Waals surface area contributed by atoms with E-state index >= 15 is 0 Å². The molecule has 0 amide bonds. The molecule has 0 saturated heterocycles. The summed E-state index contributed by atoms with van der Waals surface area (Å²) in [6, 6.07) is 0. The molecule has 0 aliphatic heterocycles. The van der Waals surface area contributed by atoms with Crippen LogP contribution in [0.4, 0.5) is 0 Å². The van der Waals surface area contributed by atoms with Crippen molar-refractivity contribution in [1.82, 2.24) is 0 Å². The highest BCUT2D eigenvalue weighted by atomic mass is 16.3. The first kappa shape index (κ1) is 8.62. The molecule has 54 valence electrons. The van der Waals surface area contributed by atoms with Crippen LogP contribution < -0.4 is 0 Å². The molecule has 0 heterocycles. The van der Waals surface area contributed by atoms with E-state index in [1.54, 1.807) is 0 Å². The molecule has 0 radical (unpaired) electrons. The molecule has 0 aliphatic carbocycles. The van der Waals surface area contributed by atoms with Crippen molar-refractivity contribution in [2.24, 2.45) is 0 Å². The molecule has 0 fully saturated rings. The zero-order valence-electron chi connectivity index (χ0n) is 5.20. The van der Waals surface area contributed by atoms with E-state index in [0.717, 1.165) is 0 Å². The average Bonchev–Trinajstić information content (AvgIpc) is 1.87. The van der Waals surface area contributed by atoms with Gasteiger partial charge in [-0.25, -0.2) is 0 Å². The van der Waals surface area contributed by atoms with Gasteiger partial charge in [-0.2, -0.15) is 0 Å². The Morgan fingerprint density at radius 2 is 2.00 bits per heavy atom. The summed E-state index contributed by atoms with van der Waals surface area (Å²) < 4.78 is 0. The predicted octanol–water partition coefficient (Wildman–Crippen LogP) is -0.723. The molecule has 0 saturated carbocycles. The smallest absolute Gasteiger partial charge is 0.0798 e. The van der Waals surface area contributed by atoms with Crippen molar-refractivity contribution in [3.8, 4) is 0 Å². The van der Waals surface area contributed by atoms with Crippen molar-refractivity contribution >= 4 is 0 Å². The SMILES string of the molecule is C=C[C@@H](O)C[C@@H](O)CO. The Kier molecular flexibility index (Phi) is 4.30. The van der Waals surface area contributed by atoms with Crippen molar-refractivity contribution in [3.05, 3.63) is 12.7 Å². The molecule has 0 rings (SSSR count). The van der Waals surface area contributed by atoms with Gasteiger partial charge in [0.15, 0.2) is 0 Å². The normalized spacial score (nSPS) is 16.8. The minimum absolute atomic E-state index is 0.153. The molecule has 0 aromatic heterocycles. The first-order chi connectivity index (χ1) is 4.20. The predicted molar refractivity (Wildman–Crippen MR) is 33.9 cm³/mol. The largest absolute Gasteiger partial charge is 0.394 e. The summed E-state index contributed by atoms with van der Waals surface area (Å²) in [7, 11) is 0. The maximum Gasteiger partial charge on any atom is 0.0798 e.